The van der Waals surface area contributed by atoms with E-state index >= 15 is 8.78 Å². The lowest BCUT2D eigenvalue weighted by Gasteiger charge is -2.29. The van der Waals surface area contributed by atoms with Crippen molar-refractivity contribution in [3.8, 4) is 5.75 Å². The second kappa shape index (κ2) is 13.3. The molecule has 2 saturated heterocycles. The average Bonchev–Trinajstić information content (AvgIpc) is 3.60. The van der Waals surface area contributed by atoms with Crippen LogP contribution < -0.4 is 25.6 Å². The molecule has 2 unspecified atom stereocenters. The Labute approximate surface area is 253 Å². The number of hydrogen-bond acceptors (Lipinski definition) is 6. The van der Waals surface area contributed by atoms with E-state index in [4.69, 9.17) is 9.47 Å². The first-order chi connectivity index (χ1) is 21.4. The topological polar surface area (TPSA) is 105 Å². The molecule has 1 aliphatic carbocycles. The summed E-state index contributed by atoms with van der Waals surface area (Å²) in [6, 6.07) is -0.758. The second-order valence-corrected chi connectivity index (χ2v) is 11.4. The summed E-state index contributed by atoms with van der Waals surface area (Å²) in [7, 11) is 1.18. The summed E-state index contributed by atoms with van der Waals surface area (Å²) < 4.78 is 110. The first-order valence-electron chi connectivity index (χ1n) is 14.5. The minimum atomic E-state index is -5.00. The second-order valence-electron chi connectivity index (χ2n) is 11.4. The van der Waals surface area contributed by atoms with Crippen LogP contribution in [0.15, 0.2) is 24.4 Å². The van der Waals surface area contributed by atoms with Gasteiger partial charge in [0.15, 0.2) is 0 Å². The Kier molecular flexibility index (Phi) is 9.60. The molecule has 1 aromatic carbocycles. The number of aromatic nitrogens is 1. The van der Waals surface area contributed by atoms with Gasteiger partial charge >= 0.3 is 12.2 Å². The van der Waals surface area contributed by atoms with Crippen molar-refractivity contribution in [2.24, 2.45) is 5.92 Å². The third-order valence-electron chi connectivity index (χ3n) is 8.48. The van der Waals surface area contributed by atoms with Gasteiger partial charge in [0.05, 0.1) is 25.4 Å². The van der Waals surface area contributed by atoms with Crippen molar-refractivity contribution >= 4 is 23.4 Å². The molecule has 0 spiro atoms. The number of methoxy groups -OCH3 is 1. The zero-order valence-corrected chi connectivity index (χ0v) is 24.1. The fourth-order valence-corrected chi connectivity index (χ4v) is 6.18. The number of pyridine rings is 1. The summed E-state index contributed by atoms with van der Waals surface area (Å²) in [5.41, 5.74) is -2.26. The number of halogens is 7. The van der Waals surface area contributed by atoms with E-state index < -0.39 is 89.6 Å². The molecule has 45 heavy (non-hydrogen) atoms. The van der Waals surface area contributed by atoms with Gasteiger partial charge < -0.3 is 25.4 Å². The number of nitrogens with one attached hydrogen (secondary N) is 3. The van der Waals surface area contributed by atoms with Crippen molar-refractivity contribution in [3.63, 3.8) is 0 Å². The highest BCUT2D eigenvalue weighted by Crippen LogP contribution is 2.44. The minimum absolute atomic E-state index is 0.160. The molecule has 1 aromatic heterocycles. The molecule has 0 bridgehead atoms. The third kappa shape index (κ3) is 7.05. The molecular formula is C29H32F7N5O4. The van der Waals surface area contributed by atoms with E-state index in [1.165, 1.54) is 7.11 Å². The Morgan fingerprint density at radius 2 is 1.76 bits per heavy atom. The van der Waals surface area contributed by atoms with Crippen LogP contribution in [0.5, 0.6) is 5.75 Å². The van der Waals surface area contributed by atoms with E-state index in [0.717, 1.165) is 24.4 Å². The Bertz CT molecular complexity index is 1370. The van der Waals surface area contributed by atoms with E-state index in [2.05, 4.69) is 20.9 Å². The maximum Gasteiger partial charge on any atom is 0.421 e. The highest BCUT2D eigenvalue weighted by molar-refractivity contribution is 6.03. The van der Waals surface area contributed by atoms with Crippen molar-refractivity contribution in [1.82, 2.24) is 15.6 Å². The van der Waals surface area contributed by atoms with Gasteiger partial charge in [0.2, 0.25) is 6.43 Å². The fraction of sp³-hybridized carbons (Fsp3) is 0.552. The lowest BCUT2D eigenvalue weighted by molar-refractivity contribution is -0.136. The number of amides is 3. The van der Waals surface area contributed by atoms with Gasteiger partial charge in [0.1, 0.15) is 34.8 Å². The van der Waals surface area contributed by atoms with Crippen molar-refractivity contribution in [1.29, 1.82) is 0 Å². The standard InChI is InChI=1S/C29H32F7N5O4/c1-44-17-10-19(30)22(20(31)11-17)18-12-41(26-23(29(34,35)36)21(6-8-37-26)38-16-7-9-45-13-16)27(42)24(18)40-28(43)39-15-4-2-14(3-5-15)25(32)33/h6,8,10-11,14-16,18,24-25H,2-5,7,9,12-13H2,1H3,(H,37,38)(H2,39,40,43)/t14?,15?,16?,18-,24?/m0/s1. The summed E-state index contributed by atoms with van der Waals surface area (Å²) in [5, 5.41) is 7.76. The Morgan fingerprint density at radius 1 is 1.07 bits per heavy atom. The number of ether oxygens (including phenoxy) is 2. The molecule has 3 N–H and O–H groups in total. The number of hydrogen-bond donors (Lipinski definition) is 3. The molecule has 3 amide bonds. The smallest absolute Gasteiger partial charge is 0.421 e. The van der Waals surface area contributed by atoms with Crippen molar-refractivity contribution in [2.75, 3.05) is 37.1 Å². The SMILES string of the molecule is COc1cc(F)c([C@@H]2CN(c3nccc(NC4CCOC4)c3C(F)(F)F)C(=O)C2NC(=O)NC2CCC(C(F)F)CC2)c(F)c1. The quantitative estimate of drug-likeness (QED) is 0.340. The number of anilines is 2. The predicted octanol–water partition coefficient (Wildman–Crippen LogP) is 5.21. The van der Waals surface area contributed by atoms with Crippen molar-refractivity contribution < 1.29 is 49.8 Å². The summed E-state index contributed by atoms with van der Waals surface area (Å²) in [6.45, 7) is -0.137. The van der Waals surface area contributed by atoms with Crippen LogP contribution in [0, 0.1) is 17.6 Å². The summed E-state index contributed by atoms with van der Waals surface area (Å²) in [5.74, 6) is -6.60. The van der Waals surface area contributed by atoms with Crippen LogP contribution in [-0.2, 0) is 15.7 Å². The Balaban J connectivity index is 1.47. The van der Waals surface area contributed by atoms with E-state index in [-0.39, 0.29) is 43.7 Å². The van der Waals surface area contributed by atoms with Crippen LogP contribution in [0.2, 0.25) is 0 Å². The molecular weight excluding hydrogens is 615 g/mol. The highest BCUT2D eigenvalue weighted by atomic mass is 19.4. The van der Waals surface area contributed by atoms with Crippen LogP contribution in [0.25, 0.3) is 0 Å². The molecule has 1 saturated carbocycles. The van der Waals surface area contributed by atoms with E-state index in [1.54, 1.807) is 0 Å². The van der Waals surface area contributed by atoms with Crippen LogP contribution in [0.1, 0.15) is 49.1 Å². The van der Waals surface area contributed by atoms with Gasteiger partial charge in [-0.25, -0.2) is 27.3 Å². The molecule has 2 aromatic rings. The summed E-state index contributed by atoms with van der Waals surface area (Å²) in [6.07, 6.45) is -5.18. The van der Waals surface area contributed by atoms with Gasteiger partial charge in [0.25, 0.3) is 5.91 Å². The van der Waals surface area contributed by atoms with E-state index in [1.807, 2.05) is 0 Å². The molecule has 9 nitrogen and oxygen atoms in total. The number of alkyl halides is 5. The Morgan fingerprint density at radius 3 is 2.33 bits per heavy atom. The number of carbonyl (C=O) groups is 2. The largest absolute Gasteiger partial charge is 0.497 e. The molecule has 3 fully saturated rings. The predicted molar refractivity (Wildman–Crippen MR) is 147 cm³/mol. The normalized spacial score (nSPS) is 25.5. The number of rotatable bonds is 8. The molecule has 3 atom stereocenters. The van der Waals surface area contributed by atoms with Crippen LogP contribution in [-0.4, -0.2) is 68.3 Å². The van der Waals surface area contributed by atoms with Crippen molar-refractivity contribution in [3.05, 3.63) is 47.2 Å². The number of urea groups is 1. The number of nitrogens with zero attached hydrogens (tertiary/aromatic N) is 2. The van der Waals surface area contributed by atoms with Crippen LogP contribution in [0.4, 0.5) is 47.0 Å². The highest BCUT2D eigenvalue weighted by Gasteiger charge is 2.49. The monoisotopic (exact) mass is 647 g/mol. The third-order valence-corrected chi connectivity index (χ3v) is 8.48. The molecule has 5 rings (SSSR count). The zero-order valence-electron chi connectivity index (χ0n) is 24.1. The maximum absolute atomic E-state index is 15.3. The van der Waals surface area contributed by atoms with Gasteiger partial charge in [-0.2, -0.15) is 13.2 Å². The molecule has 2 aliphatic heterocycles. The van der Waals surface area contributed by atoms with Crippen LogP contribution in [0.3, 0.4) is 0 Å². The number of benzene rings is 1. The molecule has 246 valence electrons. The molecule has 16 heteroatoms. The van der Waals surface area contributed by atoms with Gasteiger partial charge in [-0.1, -0.05) is 0 Å². The summed E-state index contributed by atoms with van der Waals surface area (Å²) in [4.78, 5) is 31.3. The van der Waals surface area contributed by atoms with Gasteiger partial charge in [-0.05, 0) is 38.2 Å². The maximum atomic E-state index is 15.3. The molecule has 3 heterocycles. The molecule has 0 radical (unpaired) electrons. The average molecular weight is 648 g/mol. The first kappa shape index (κ1) is 32.6. The van der Waals surface area contributed by atoms with Gasteiger partial charge in [-0.3, -0.25) is 9.69 Å². The summed E-state index contributed by atoms with van der Waals surface area (Å²) >= 11 is 0. The van der Waals surface area contributed by atoms with E-state index in [9.17, 15) is 31.5 Å². The molecule has 3 aliphatic rings. The zero-order chi connectivity index (χ0) is 32.5. The Hall–Kier alpha value is -3.82. The van der Waals surface area contributed by atoms with Crippen molar-refractivity contribution in [2.45, 2.75) is 68.7 Å². The number of carbonyl (C=O) groups excluding carboxylic acids is 2. The fourth-order valence-electron chi connectivity index (χ4n) is 6.18. The first-order valence-corrected chi connectivity index (χ1v) is 14.5. The van der Waals surface area contributed by atoms with Gasteiger partial charge in [-0.15, -0.1) is 0 Å². The van der Waals surface area contributed by atoms with E-state index in [0.29, 0.717) is 17.9 Å². The van der Waals surface area contributed by atoms with Crippen LogP contribution >= 0.6 is 0 Å². The minimum Gasteiger partial charge on any atom is -0.497 e. The lowest BCUT2D eigenvalue weighted by atomic mass is 9.86. The van der Waals surface area contributed by atoms with Gasteiger partial charge in [0, 0.05) is 54.9 Å². The lowest BCUT2D eigenvalue weighted by Crippen LogP contribution is -2.51.